The predicted octanol–water partition coefficient (Wildman–Crippen LogP) is 2.69. The van der Waals surface area contributed by atoms with Crippen LogP contribution in [0.15, 0.2) is 35.8 Å². The number of anilines is 1. The van der Waals surface area contributed by atoms with Crippen LogP contribution < -0.4 is 5.32 Å². The molecule has 0 aliphatic rings. The van der Waals surface area contributed by atoms with E-state index in [2.05, 4.69) is 5.32 Å². The Labute approximate surface area is 92.4 Å². The van der Waals surface area contributed by atoms with Gasteiger partial charge in [0.05, 0.1) is 5.56 Å². The van der Waals surface area contributed by atoms with Crippen molar-refractivity contribution in [1.29, 1.82) is 5.26 Å². The maximum Gasteiger partial charge on any atom is 0.248 e. The van der Waals surface area contributed by atoms with Crippen LogP contribution in [0, 0.1) is 11.3 Å². The van der Waals surface area contributed by atoms with Gasteiger partial charge in [0.25, 0.3) is 0 Å². The van der Waals surface area contributed by atoms with Gasteiger partial charge >= 0.3 is 0 Å². The van der Waals surface area contributed by atoms with Crippen molar-refractivity contribution in [3.63, 3.8) is 0 Å². The fraction of sp³-hybridized carbons (Fsp3) is 0.0909. The molecule has 76 valence electrons. The van der Waals surface area contributed by atoms with Crippen LogP contribution in [-0.4, -0.2) is 5.91 Å². The molecule has 0 aliphatic heterocycles. The second-order valence-corrected chi connectivity index (χ2v) is 3.57. The lowest BCUT2D eigenvalue weighted by Crippen LogP contribution is -2.07. The van der Waals surface area contributed by atoms with E-state index in [-0.39, 0.29) is 5.91 Å². The first-order chi connectivity index (χ1) is 7.27. The molecule has 0 fully saturated rings. The third-order valence-electron chi connectivity index (χ3n) is 1.57. The van der Waals surface area contributed by atoms with E-state index in [0.717, 1.165) is 0 Å². The summed E-state index contributed by atoms with van der Waals surface area (Å²) in [7, 11) is 0. The van der Waals surface area contributed by atoms with Gasteiger partial charge in [-0.05, 0) is 18.4 Å². The SMILES string of the molecule is C/C=C/C=C/C(=O)Nc1sccc1C#N. The minimum absolute atomic E-state index is 0.230. The van der Waals surface area contributed by atoms with Gasteiger partial charge in [-0.3, -0.25) is 4.79 Å². The van der Waals surface area contributed by atoms with Crippen LogP contribution in [-0.2, 0) is 4.79 Å². The summed E-state index contributed by atoms with van der Waals surface area (Å²) in [5, 5.41) is 13.7. The van der Waals surface area contributed by atoms with Crippen LogP contribution in [0.25, 0.3) is 0 Å². The Morgan fingerprint density at radius 3 is 3.07 bits per heavy atom. The van der Waals surface area contributed by atoms with Crippen molar-refractivity contribution in [3.05, 3.63) is 41.3 Å². The van der Waals surface area contributed by atoms with Crippen LogP contribution in [0.5, 0.6) is 0 Å². The molecule has 1 rings (SSSR count). The molecule has 0 bridgehead atoms. The van der Waals surface area contributed by atoms with Gasteiger partial charge in [0.15, 0.2) is 0 Å². The number of carbonyl (C=O) groups excluding carboxylic acids is 1. The van der Waals surface area contributed by atoms with Crippen LogP contribution in [0.1, 0.15) is 12.5 Å². The zero-order valence-corrected chi connectivity index (χ0v) is 9.04. The Hall–Kier alpha value is -1.86. The molecule has 1 amide bonds. The number of nitrogens with zero attached hydrogens (tertiary/aromatic N) is 1. The Morgan fingerprint density at radius 2 is 2.40 bits per heavy atom. The van der Waals surface area contributed by atoms with E-state index >= 15 is 0 Å². The molecule has 1 aromatic heterocycles. The van der Waals surface area contributed by atoms with E-state index in [1.54, 1.807) is 23.6 Å². The molecule has 1 aromatic rings. The Morgan fingerprint density at radius 1 is 1.60 bits per heavy atom. The molecule has 15 heavy (non-hydrogen) atoms. The van der Waals surface area contributed by atoms with Gasteiger partial charge < -0.3 is 5.32 Å². The van der Waals surface area contributed by atoms with Crippen molar-refractivity contribution in [1.82, 2.24) is 0 Å². The molecule has 4 heteroatoms. The zero-order chi connectivity index (χ0) is 11.1. The number of nitriles is 1. The van der Waals surface area contributed by atoms with Gasteiger partial charge in [-0.25, -0.2) is 0 Å². The van der Waals surface area contributed by atoms with Gasteiger partial charge in [0.2, 0.25) is 5.91 Å². The maximum atomic E-state index is 11.3. The third kappa shape index (κ3) is 3.41. The summed E-state index contributed by atoms with van der Waals surface area (Å²) >= 11 is 1.34. The highest BCUT2D eigenvalue weighted by atomic mass is 32.1. The molecule has 0 atom stereocenters. The first-order valence-corrected chi connectivity index (χ1v) is 5.24. The summed E-state index contributed by atoms with van der Waals surface area (Å²) < 4.78 is 0. The number of carbonyl (C=O) groups is 1. The highest BCUT2D eigenvalue weighted by Gasteiger charge is 2.04. The molecule has 0 saturated carbocycles. The summed E-state index contributed by atoms with van der Waals surface area (Å²) in [6, 6.07) is 3.68. The number of allylic oxidation sites excluding steroid dienone is 3. The second kappa shape index (κ2) is 5.78. The predicted molar refractivity (Wildman–Crippen MR) is 61.6 cm³/mol. The van der Waals surface area contributed by atoms with E-state index in [0.29, 0.717) is 10.6 Å². The van der Waals surface area contributed by atoms with Crippen LogP contribution >= 0.6 is 11.3 Å². The highest BCUT2D eigenvalue weighted by molar-refractivity contribution is 7.14. The van der Waals surface area contributed by atoms with E-state index in [1.807, 2.05) is 19.1 Å². The molecule has 0 unspecified atom stereocenters. The first kappa shape index (κ1) is 11.2. The number of hydrogen-bond donors (Lipinski definition) is 1. The molecule has 0 aromatic carbocycles. The molecule has 1 N–H and O–H groups in total. The fourth-order valence-corrected chi connectivity index (χ4v) is 1.64. The standard InChI is InChI=1S/C11H10N2OS/c1-2-3-4-5-10(14)13-11-9(8-12)6-7-15-11/h2-7H,1H3,(H,13,14)/b3-2+,5-4+. The van der Waals surface area contributed by atoms with Gasteiger partial charge in [-0.2, -0.15) is 5.26 Å². The van der Waals surface area contributed by atoms with Crippen LogP contribution in [0.4, 0.5) is 5.00 Å². The fourth-order valence-electron chi connectivity index (χ4n) is 0.902. The molecule has 0 aliphatic carbocycles. The zero-order valence-electron chi connectivity index (χ0n) is 8.23. The average molecular weight is 218 g/mol. The smallest absolute Gasteiger partial charge is 0.248 e. The molecule has 0 radical (unpaired) electrons. The van der Waals surface area contributed by atoms with Gasteiger partial charge in [0, 0.05) is 6.08 Å². The van der Waals surface area contributed by atoms with E-state index in [1.165, 1.54) is 17.4 Å². The molecule has 0 saturated heterocycles. The molecule has 0 spiro atoms. The summed E-state index contributed by atoms with van der Waals surface area (Å²) in [5.41, 5.74) is 0.493. The third-order valence-corrected chi connectivity index (χ3v) is 2.40. The topological polar surface area (TPSA) is 52.9 Å². The summed E-state index contributed by atoms with van der Waals surface area (Å²) in [4.78, 5) is 11.3. The van der Waals surface area contributed by atoms with Gasteiger partial charge in [0.1, 0.15) is 11.1 Å². The second-order valence-electron chi connectivity index (χ2n) is 2.65. The quantitative estimate of drug-likeness (QED) is 0.626. The maximum absolute atomic E-state index is 11.3. The molecule has 3 nitrogen and oxygen atoms in total. The van der Waals surface area contributed by atoms with E-state index < -0.39 is 0 Å². The molecular formula is C11H10N2OS. The molecule has 1 heterocycles. The molecular weight excluding hydrogens is 208 g/mol. The number of amides is 1. The van der Waals surface area contributed by atoms with Crippen LogP contribution in [0.2, 0.25) is 0 Å². The van der Waals surface area contributed by atoms with Crippen molar-refractivity contribution in [2.75, 3.05) is 5.32 Å². The largest absolute Gasteiger partial charge is 0.313 e. The van der Waals surface area contributed by atoms with Crippen molar-refractivity contribution in [2.45, 2.75) is 6.92 Å². The van der Waals surface area contributed by atoms with E-state index in [4.69, 9.17) is 5.26 Å². The number of rotatable bonds is 3. The monoisotopic (exact) mass is 218 g/mol. The lowest BCUT2D eigenvalue weighted by molar-refractivity contribution is -0.111. The highest BCUT2D eigenvalue weighted by Crippen LogP contribution is 2.21. The number of thiophene rings is 1. The summed E-state index contributed by atoms with van der Waals surface area (Å²) in [6.45, 7) is 1.87. The van der Waals surface area contributed by atoms with Gasteiger partial charge in [-0.15, -0.1) is 11.3 Å². The Kier molecular flexibility index (Phi) is 4.32. The van der Waals surface area contributed by atoms with Crippen molar-refractivity contribution >= 4 is 22.2 Å². The Bertz CT molecular complexity index is 438. The van der Waals surface area contributed by atoms with Crippen molar-refractivity contribution < 1.29 is 4.79 Å². The van der Waals surface area contributed by atoms with Crippen molar-refractivity contribution in [3.8, 4) is 6.07 Å². The van der Waals surface area contributed by atoms with Crippen molar-refractivity contribution in [2.24, 2.45) is 0 Å². The normalized spacial score (nSPS) is 10.7. The number of nitrogens with one attached hydrogen (secondary N) is 1. The lowest BCUT2D eigenvalue weighted by Gasteiger charge is -1.97. The Balaban J connectivity index is 2.63. The lowest BCUT2D eigenvalue weighted by atomic mass is 10.3. The van der Waals surface area contributed by atoms with Gasteiger partial charge in [-0.1, -0.05) is 18.2 Å². The minimum Gasteiger partial charge on any atom is -0.313 e. The van der Waals surface area contributed by atoms with E-state index in [9.17, 15) is 4.79 Å². The minimum atomic E-state index is -0.230. The average Bonchev–Trinajstić information content (AvgIpc) is 2.65. The first-order valence-electron chi connectivity index (χ1n) is 4.36. The van der Waals surface area contributed by atoms with Crippen LogP contribution in [0.3, 0.4) is 0 Å². The number of hydrogen-bond acceptors (Lipinski definition) is 3. The summed E-state index contributed by atoms with van der Waals surface area (Å²) in [6.07, 6.45) is 6.66. The summed E-state index contributed by atoms with van der Waals surface area (Å²) in [5.74, 6) is -0.230.